The Balaban J connectivity index is 1.07. The first-order chi connectivity index (χ1) is 35.8. The lowest BCUT2D eigenvalue weighted by atomic mass is 9.65. The van der Waals surface area contributed by atoms with Crippen molar-refractivity contribution >= 4 is 102 Å². The Morgan fingerprint density at radius 3 is 1.47 bits per heavy atom. The zero-order valence-corrected chi connectivity index (χ0v) is 41.2. The van der Waals surface area contributed by atoms with Crippen molar-refractivity contribution in [2.75, 3.05) is 0 Å². The van der Waals surface area contributed by atoms with E-state index in [0.29, 0.717) is 23.3 Å². The van der Waals surface area contributed by atoms with Crippen molar-refractivity contribution in [1.82, 2.24) is 24.1 Å². The largest absolute Gasteiger partial charge is 0.509 e. The van der Waals surface area contributed by atoms with Gasteiger partial charge in [0.1, 0.15) is 37.1 Å². The van der Waals surface area contributed by atoms with Gasteiger partial charge in [0.25, 0.3) is 0 Å². The third-order valence-electron chi connectivity index (χ3n) is 15.2. The van der Waals surface area contributed by atoms with Gasteiger partial charge < -0.3 is 9.67 Å². The summed E-state index contributed by atoms with van der Waals surface area (Å²) in [6, 6.07) is 67.2. The molecule has 73 heavy (non-hydrogen) atoms. The predicted molar refractivity (Wildman–Crippen MR) is 316 cm³/mol. The van der Waals surface area contributed by atoms with Crippen LogP contribution < -0.4 is 21.9 Å². The Hall–Kier alpha value is -8.87. The Morgan fingerprint density at radius 1 is 0.411 bits per heavy atom. The van der Waals surface area contributed by atoms with Gasteiger partial charge in [-0.25, -0.2) is 4.98 Å². The second-order valence-electron chi connectivity index (χ2n) is 19.3. The number of fused-ring (bicyclic) bond motifs is 7. The third-order valence-corrected chi connectivity index (χ3v) is 15.2. The van der Waals surface area contributed by atoms with Gasteiger partial charge in [-0.3, -0.25) is 4.57 Å². The van der Waals surface area contributed by atoms with Gasteiger partial charge in [-0.1, -0.05) is 204 Å². The van der Waals surface area contributed by atoms with E-state index in [-0.39, 0.29) is 0 Å². The van der Waals surface area contributed by atoms with E-state index in [4.69, 9.17) is 15.0 Å². The number of para-hydroxylation sites is 2. The van der Waals surface area contributed by atoms with Crippen LogP contribution in [0.1, 0.15) is 18.7 Å². The summed E-state index contributed by atoms with van der Waals surface area (Å²) in [5, 5.41) is 15.9. The van der Waals surface area contributed by atoms with Crippen molar-refractivity contribution in [3.63, 3.8) is 0 Å². The van der Waals surface area contributed by atoms with Crippen LogP contribution in [0.4, 0.5) is 0 Å². The summed E-state index contributed by atoms with van der Waals surface area (Å²) >= 11 is 0. The second-order valence-corrected chi connectivity index (χ2v) is 19.3. The molecule has 1 N–H and O–H groups in total. The lowest BCUT2D eigenvalue weighted by Crippen LogP contribution is -2.42. The monoisotopic (exact) mass is 933 g/mol. The minimum Gasteiger partial charge on any atom is -0.509 e. The van der Waals surface area contributed by atoms with E-state index in [9.17, 15) is 5.11 Å². The first kappa shape index (κ1) is 44.1. The van der Waals surface area contributed by atoms with Crippen LogP contribution in [0.5, 0.6) is 5.75 Å². The van der Waals surface area contributed by atoms with E-state index in [1.54, 1.807) is 0 Å². The Labute approximate surface area is 427 Å². The zero-order valence-electron chi connectivity index (χ0n) is 41.2. The number of benzene rings is 9. The SMILES string of the molecule is Bc1c(B)c(-c2cc(-c3ccccc3)ccc2-n2c3ccccc3c3ccc4c5ccccc5n(-c5nc(C6=CCCC=C6)nc(-c6ccc(-c7ccc(-c8ccccc8)cc7)cc6)n5)c4c32)c(B)c(B)c1O. The summed E-state index contributed by atoms with van der Waals surface area (Å²) in [4.78, 5) is 16.2. The minimum absolute atomic E-state index is 0.350. The number of allylic oxidation sites excluding steroid dienone is 4. The molecular weight excluding hydrogens is 886 g/mol. The molecule has 13 rings (SSSR count). The number of phenolic OH excluding ortho intramolecular Hbond substituents is 1. The number of hydrogen-bond acceptors (Lipinski definition) is 4. The van der Waals surface area contributed by atoms with Crippen LogP contribution in [0.2, 0.25) is 0 Å². The van der Waals surface area contributed by atoms with Crippen LogP contribution >= 0.6 is 0 Å². The quantitative estimate of drug-likeness (QED) is 0.155. The molecule has 0 saturated heterocycles. The maximum absolute atomic E-state index is 11.4. The molecule has 3 heterocycles. The molecular formula is C63H47B4N5O. The molecule has 0 spiro atoms. The van der Waals surface area contributed by atoms with Crippen LogP contribution in [-0.4, -0.2) is 60.6 Å². The Bertz CT molecular complexity index is 4210. The number of nitrogens with zero attached hydrogens (tertiary/aromatic N) is 5. The fraction of sp³-hybridized carbons (Fsp3) is 0.0317. The van der Waals surface area contributed by atoms with E-state index in [1.165, 1.54) is 11.1 Å². The lowest BCUT2D eigenvalue weighted by Gasteiger charge is -2.23. The number of phenols is 1. The highest BCUT2D eigenvalue weighted by atomic mass is 16.3. The molecule has 1 aliphatic carbocycles. The first-order valence-electron chi connectivity index (χ1n) is 25.2. The summed E-state index contributed by atoms with van der Waals surface area (Å²) in [7, 11) is 8.33. The van der Waals surface area contributed by atoms with E-state index in [0.717, 1.165) is 129 Å². The normalized spacial score (nSPS) is 12.6. The molecule has 342 valence electrons. The molecule has 0 amide bonds. The van der Waals surface area contributed by atoms with Gasteiger partial charge in [0.2, 0.25) is 5.95 Å². The van der Waals surface area contributed by atoms with Crippen molar-refractivity contribution in [1.29, 1.82) is 0 Å². The molecule has 0 aliphatic heterocycles. The predicted octanol–water partition coefficient (Wildman–Crippen LogP) is 8.87. The van der Waals surface area contributed by atoms with Gasteiger partial charge in [-0.2, -0.15) is 9.97 Å². The molecule has 0 bridgehead atoms. The molecule has 12 aromatic rings. The molecule has 6 nitrogen and oxygen atoms in total. The summed E-state index contributed by atoms with van der Waals surface area (Å²) in [5.41, 5.74) is 20.1. The minimum atomic E-state index is 0.350. The zero-order chi connectivity index (χ0) is 49.3. The highest BCUT2D eigenvalue weighted by Crippen LogP contribution is 2.44. The average Bonchev–Trinajstić information content (AvgIpc) is 3.98. The summed E-state index contributed by atoms with van der Waals surface area (Å²) in [5.74, 6) is 2.14. The van der Waals surface area contributed by atoms with Crippen molar-refractivity contribution in [2.45, 2.75) is 12.8 Å². The number of rotatable bonds is 8. The van der Waals surface area contributed by atoms with Gasteiger partial charge in [-0.05, 0) is 76.1 Å². The van der Waals surface area contributed by atoms with Crippen molar-refractivity contribution in [3.8, 4) is 73.3 Å². The van der Waals surface area contributed by atoms with Crippen LogP contribution in [-0.2, 0) is 0 Å². The Kier molecular flexibility index (Phi) is 10.7. The topological polar surface area (TPSA) is 68.8 Å². The van der Waals surface area contributed by atoms with Crippen LogP contribution in [0.3, 0.4) is 0 Å². The van der Waals surface area contributed by atoms with Crippen LogP contribution in [0, 0.1) is 0 Å². The fourth-order valence-corrected chi connectivity index (χ4v) is 11.2. The molecule has 9 aromatic carbocycles. The van der Waals surface area contributed by atoms with Gasteiger partial charge in [0.05, 0.1) is 27.8 Å². The standard InChI is InChI=1S/C63H47B4N5O/c64-54-53(55(65)57(67)60(73)56(54)66)49-36-44(38-16-6-2-7-17-38)32-35-52(49)71-50-22-12-10-20-45(50)47-33-34-48-46-21-11-13-23-51(46)72(59(48)58(47)71)63-69-61(42-18-8-3-9-19-42)68-62(70-63)43-30-28-41(29-31-43)40-26-24-39(25-27-40)37-14-4-1-5-15-37/h1-2,4-8,10-36,73H,3,9,64-67H2. The lowest BCUT2D eigenvalue weighted by molar-refractivity contribution is 0.484. The van der Waals surface area contributed by atoms with Crippen molar-refractivity contribution < 1.29 is 5.11 Å². The van der Waals surface area contributed by atoms with Gasteiger partial charge in [-0.15, -0.1) is 0 Å². The van der Waals surface area contributed by atoms with Crippen LogP contribution in [0.15, 0.2) is 206 Å². The molecule has 0 atom stereocenters. The highest BCUT2D eigenvalue weighted by molar-refractivity contribution is 6.61. The van der Waals surface area contributed by atoms with Crippen molar-refractivity contribution in [2.24, 2.45) is 0 Å². The van der Waals surface area contributed by atoms with Gasteiger partial charge in [0, 0.05) is 38.2 Å². The highest BCUT2D eigenvalue weighted by Gasteiger charge is 2.26. The molecule has 0 saturated carbocycles. The maximum Gasteiger partial charge on any atom is 0.238 e. The fourth-order valence-electron chi connectivity index (χ4n) is 11.2. The molecule has 10 heteroatoms. The van der Waals surface area contributed by atoms with Crippen LogP contribution in [0.25, 0.3) is 117 Å². The molecule has 0 radical (unpaired) electrons. The smallest absolute Gasteiger partial charge is 0.238 e. The first-order valence-corrected chi connectivity index (χ1v) is 25.2. The average molecular weight is 933 g/mol. The van der Waals surface area contributed by atoms with E-state index >= 15 is 0 Å². The number of aromatic nitrogens is 5. The Morgan fingerprint density at radius 2 is 0.890 bits per heavy atom. The maximum atomic E-state index is 11.4. The van der Waals surface area contributed by atoms with E-state index in [1.807, 2.05) is 21.8 Å². The molecule has 0 unspecified atom stereocenters. The van der Waals surface area contributed by atoms with Gasteiger partial charge in [0.15, 0.2) is 11.6 Å². The molecule has 1 aliphatic rings. The number of aromatic hydroxyl groups is 1. The van der Waals surface area contributed by atoms with Gasteiger partial charge >= 0.3 is 0 Å². The third kappa shape index (κ3) is 7.35. The van der Waals surface area contributed by atoms with Crippen molar-refractivity contribution in [3.05, 3.63) is 212 Å². The van der Waals surface area contributed by atoms with E-state index < -0.39 is 0 Å². The summed E-state index contributed by atoms with van der Waals surface area (Å²) < 4.78 is 4.74. The summed E-state index contributed by atoms with van der Waals surface area (Å²) in [6.45, 7) is 0. The van der Waals surface area contributed by atoms with E-state index in [2.05, 4.69) is 225 Å². The number of hydrogen-bond donors (Lipinski definition) is 1. The molecule has 3 aromatic heterocycles. The summed E-state index contributed by atoms with van der Waals surface area (Å²) in [6.07, 6.45) is 8.49. The second kappa shape index (κ2) is 17.8. The molecule has 0 fully saturated rings.